The third-order valence-electron chi connectivity index (χ3n) is 7.95. The minimum atomic E-state index is 0.885. The molecule has 3 nitrogen and oxygen atoms in total. The normalized spacial score (nSPS) is 13.1. The van der Waals surface area contributed by atoms with Crippen molar-refractivity contribution in [3.05, 3.63) is 120 Å². The van der Waals surface area contributed by atoms with E-state index in [1.54, 1.807) is 0 Å². The van der Waals surface area contributed by atoms with Gasteiger partial charge in [-0.15, -0.1) is 0 Å². The van der Waals surface area contributed by atoms with E-state index in [0.717, 1.165) is 40.8 Å². The van der Waals surface area contributed by atoms with Crippen LogP contribution in [0.4, 0.5) is 0 Å². The lowest BCUT2D eigenvalue weighted by Crippen LogP contribution is -2.02. The lowest BCUT2D eigenvalue weighted by molar-refractivity contribution is 0.998. The molecule has 5 aromatic carbocycles. The number of nitrogens with zero attached hydrogens (tertiary/aromatic N) is 3. The molecule has 1 aliphatic rings. The van der Waals surface area contributed by atoms with E-state index >= 15 is 0 Å². The molecule has 7 aromatic rings. The number of hydrogen-bond acceptors (Lipinski definition) is 2. The minimum absolute atomic E-state index is 0.885. The Hall–Kier alpha value is -4.76. The van der Waals surface area contributed by atoms with Gasteiger partial charge in [-0.05, 0) is 55.0 Å². The predicted octanol–water partition coefficient (Wildman–Crippen LogP) is 8.81. The van der Waals surface area contributed by atoms with E-state index in [0.29, 0.717) is 0 Å². The Kier molecular flexibility index (Phi) is 4.56. The fourth-order valence-corrected chi connectivity index (χ4v) is 6.25. The monoisotopic (exact) mass is 487 g/mol. The molecule has 2 heterocycles. The molecule has 3 heteroatoms. The van der Waals surface area contributed by atoms with Crippen molar-refractivity contribution in [2.75, 3.05) is 0 Å². The Labute approximate surface area is 220 Å². The van der Waals surface area contributed by atoms with Gasteiger partial charge in [0.1, 0.15) is 0 Å². The molecule has 0 aliphatic heterocycles. The minimum Gasteiger partial charge on any atom is -0.309 e. The smallest absolute Gasteiger partial charge is 0.0979 e. The van der Waals surface area contributed by atoms with E-state index < -0.39 is 0 Å². The molecule has 0 saturated carbocycles. The molecule has 0 atom stereocenters. The first-order valence-corrected chi connectivity index (χ1v) is 13.2. The molecule has 8 rings (SSSR count). The summed E-state index contributed by atoms with van der Waals surface area (Å²) in [5.74, 6) is 0. The summed E-state index contributed by atoms with van der Waals surface area (Å²) in [4.78, 5) is 10.4. The van der Waals surface area contributed by atoms with E-state index in [4.69, 9.17) is 9.97 Å². The van der Waals surface area contributed by atoms with Crippen LogP contribution < -0.4 is 0 Å². The van der Waals surface area contributed by atoms with Gasteiger partial charge >= 0.3 is 0 Å². The number of fused-ring (bicyclic) bond motifs is 9. The van der Waals surface area contributed by atoms with Crippen LogP contribution in [0.15, 0.2) is 103 Å². The van der Waals surface area contributed by atoms with E-state index in [-0.39, 0.29) is 0 Å². The molecule has 0 spiro atoms. The number of aromatic nitrogens is 3. The van der Waals surface area contributed by atoms with Crippen LogP contribution in [-0.4, -0.2) is 14.5 Å². The third kappa shape index (κ3) is 3.02. The zero-order valence-corrected chi connectivity index (χ0v) is 21.1. The molecule has 38 heavy (non-hydrogen) atoms. The first-order chi connectivity index (χ1) is 18.8. The average Bonchev–Trinajstić information content (AvgIpc) is 3.30. The van der Waals surface area contributed by atoms with Gasteiger partial charge in [-0.1, -0.05) is 84.4 Å². The van der Waals surface area contributed by atoms with Gasteiger partial charge in [0.15, 0.2) is 0 Å². The lowest BCUT2D eigenvalue weighted by atomic mass is 9.90. The van der Waals surface area contributed by atoms with Crippen molar-refractivity contribution < 1.29 is 0 Å². The predicted molar refractivity (Wildman–Crippen MR) is 159 cm³/mol. The molecule has 0 N–H and O–H groups in total. The molecule has 0 saturated heterocycles. The lowest BCUT2D eigenvalue weighted by Gasteiger charge is -2.18. The van der Waals surface area contributed by atoms with Crippen LogP contribution in [0.3, 0.4) is 0 Å². The van der Waals surface area contributed by atoms with Gasteiger partial charge < -0.3 is 4.57 Å². The largest absolute Gasteiger partial charge is 0.309 e. The topological polar surface area (TPSA) is 30.7 Å². The number of hydrogen-bond donors (Lipinski definition) is 0. The Balaban J connectivity index is 1.43. The highest BCUT2D eigenvalue weighted by atomic mass is 15.0. The first kappa shape index (κ1) is 21.3. The molecule has 180 valence electrons. The molecule has 0 amide bonds. The van der Waals surface area contributed by atoms with Gasteiger partial charge in [-0.2, -0.15) is 0 Å². The van der Waals surface area contributed by atoms with Crippen molar-refractivity contribution in [1.29, 1.82) is 0 Å². The number of aryl methyl sites for hydroxylation is 2. The molecule has 0 unspecified atom stereocenters. The molecule has 0 fully saturated rings. The maximum absolute atomic E-state index is 5.32. The van der Waals surface area contributed by atoms with Crippen molar-refractivity contribution in [3.63, 3.8) is 0 Å². The van der Waals surface area contributed by atoms with Crippen molar-refractivity contribution in [3.8, 4) is 16.9 Å². The number of benzene rings is 5. The quantitative estimate of drug-likeness (QED) is 0.228. The molecule has 0 radical (unpaired) electrons. The van der Waals surface area contributed by atoms with E-state index in [1.165, 1.54) is 49.3 Å². The molecular weight excluding hydrogens is 462 g/mol. The average molecular weight is 488 g/mol. The van der Waals surface area contributed by atoms with Crippen LogP contribution >= 0.6 is 0 Å². The zero-order valence-electron chi connectivity index (χ0n) is 21.1. The SMILES string of the molecule is Cc1ccc2c(c1)c1ccccc1n2-c1ccccc1-c1cnc2c3c(c4ccccc4c2n1)CCC=C3. The fraction of sp³-hybridized carbons (Fsp3) is 0.0857. The third-order valence-corrected chi connectivity index (χ3v) is 7.95. The summed E-state index contributed by atoms with van der Waals surface area (Å²) >= 11 is 0. The highest BCUT2D eigenvalue weighted by Gasteiger charge is 2.19. The second-order valence-corrected chi connectivity index (χ2v) is 10.2. The summed E-state index contributed by atoms with van der Waals surface area (Å²) in [5.41, 5.74) is 11.3. The van der Waals surface area contributed by atoms with Crippen LogP contribution in [0.5, 0.6) is 0 Å². The number of rotatable bonds is 2. The summed E-state index contributed by atoms with van der Waals surface area (Å²) in [6.45, 7) is 2.16. The van der Waals surface area contributed by atoms with Gasteiger partial charge in [0.25, 0.3) is 0 Å². The Morgan fingerprint density at radius 3 is 2.39 bits per heavy atom. The fourth-order valence-electron chi connectivity index (χ4n) is 6.25. The van der Waals surface area contributed by atoms with Gasteiger partial charge in [0.05, 0.1) is 39.6 Å². The highest BCUT2D eigenvalue weighted by molar-refractivity contribution is 6.11. The van der Waals surface area contributed by atoms with Crippen molar-refractivity contribution in [1.82, 2.24) is 14.5 Å². The first-order valence-electron chi connectivity index (χ1n) is 13.2. The molecule has 0 bridgehead atoms. The second-order valence-electron chi connectivity index (χ2n) is 10.2. The zero-order chi connectivity index (χ0) is 25.2. The van der Waals surface area contributed by atoms with Crippen molar-refractivity contribution in [2.45, 2.75) is 19.8 Å². The Bertz CT molecular complexity index is 2100. The molecule has 1 aliphatic carbocycles. The summed E-state index contributed by atoms with van der Waals surface area (Å²) in [6.07, 6.45) is 8.56. The molecule has 2 aromatic heterocycles. The van der Waals surface area contributed by atoms with Gasteiger partial charge in [0.2, 0.25) is 0 Å². The van der Waals surface area contributed by atoms with Crippen molar-refractivity contribution in [2.24, 2.45) is 0 Å². The van der Waals surface area contributed by atoms with Gasteiger partial charge in [-0.3, -0.25) is 4.98 Å². The maximum atomic E-state index is 5.32. The van der Waals surface area contributed by atoms with Crippen LogP contribution in [0.2, 0.25) is 0 Å². The summed E-state index contributed by atoms with van der Waals surface area (Å²) in [6, 6.07) is 32.6. The second kappa shape index (κ2) is 8.12. The highest BCUT2D eigenvalue weighted by Crippen LogP contribution is 2.38. The standard InChI is InChI=1S/C35H25N3/c1-22-18-19-33-29(20-22)25-12-6-8-16-31(25)38(33)32-17-9-7-15-28(32)30-21-36-34-26-13-4-2-10-23(26)24-11-3-5-14-27(24)35(34)37-30/h3-9,11-21H,2,10H2,1H3. The van der Waals surface area contributed by atoms with Gasteiger partial charge in [-0.25, -0.2) is 4.98 Å². The van der Waals surface area contributed by atoms with Gasteiger partial charge in [0, 0.05) is 27.3 Å². The Morgan fingerprint density at radius 1 is 0.711 bits per heavy atom. The van der Waals surface area contributed by atoms with E-state index in [9.17, 15) is 0 Å². The van der Waals surface area contributed by atoms with E-state index in [2.05, 4.69) is 115 Å². The van der Waals surface area contributed by atoms with Crippen molar-refractivity contribution >= 4 is 49.7 Å². The van der Waals surface area contributed by atoms with E-state index in [1.807, 2.05) is 6.20 Å². The molecular formula is C35H25N3. The number of allylic oxidation sites excluding steroid dienone is 1. The van der Waals surface area contributed by atoms with Crippen LogP contribution in [-0.2, 0) is 6.42 Å². The summed E-state index contributed by atoms with van der Waals surface area (Å²) < 4.78 is 2.37. The van der Waals surface area contributed by atoms with Crippen LogP contribution in [0, 0.1) is 6.92 Å². The summed E-state index contributed by atoms with van der Waals surface area (Å²) in [7, 11) is 0. The Morgan fingerprint density at radius 2 is 1.47 bits per heavy atom. The maximum Gasteiger partial charge on any atom is 0.0979 e. The number of para-hydroxylation sites is 2. The van der Waals surface area contributed by atoms with Crippen LogP contribution in [0.25, 0.3) is 66.6 Å². The van der Waals surface area contributed by atoms with Crippen LogP contribution in [0.1, 0.15) is 23.1 Å². The summed E-state index contributed by atoms with van der Waals surface area (Å²) in [5, 5.41) is 4.99.